The van der Waals surface area contributed by atoms with Crippen LogP contribution < -0.4 is 10.9 Å². The van der Waals surface area contributed by atoms with Crippen molar-refractivity contribution in [3.05, 3.63) is 124 Å². The molecule has 3 N–H and O–H groups in total. The van der Waals surface area contributed by atoms with Crippen molar-refractivity contribution in [2.45, 2.75) is 114 Å². The van der Waals surface area contributed by atoms with Crippen molar-refractivity contribution in [3.8, 4) is 0 Å². The van der Waals surface area contributed by atoms with Gasteiger partial charge < -0.3 is 48.5 Å². The van der Waals surface area contributed by atoms with E-state index >= 15 is 0 Å². The predicted molar refractivity (Wildman–Crippen MR) is 267 cm³/mol. The zero-order chi connectivity index (χ0) is 51.7. The van der Waals surface area contributed by atoms with Gasteiger partial charge >= 0.3 is 17.9 Å². The average molecular weight is 1010 g/mol. The number of imidazole rings is 1. The summed E-state index contributed by atoms with van der Waals surface area (Å²) in [5.74, 6) is -2.57. The van der Waals surface area contributed by atoms with Gasteiger partial charge in [0.2, 0.25) is 11.9 Å². The fourth-order valence-electron chi connectivity index (χ4n) is 8.52. The van der Waals surface area contributed by atoms with E-state index in [0.29, 0.717) is 50.0 Å². The second-order valence-corrected chi connectivity index (χ2v) is 18.2. The standard InChI is InChI=1S/C53H65N7O13/c1-5-38-42(62)45(48(70-38)60-33-55-41-46(60)57-53(58-47(41)63)56-32-59(3)4)67-29-19-7-6-18-28-54-40(61)27-17-20-30-68-52-34(2)43(72-50(65)36-23-13-9-14-24-36)44(73-51(66)37-25-15-10-16-26-37)39(71-52)31-69-49(64)35-21-11-8-12-22-35/h8-16,21-26,32-34,38-39,42-45,48,52,62H,5-7,17-20,27-31H2,1-4H3,(H,54,61)(H,57,58,63)/b56-32+/t34-,38-,39-,42?,43-,44+,45+,48-,52-/m1/s1. The zero-order valence-corrected chi connectivity index (χ0v) is 41.6. The number of esters is 3. The second-order valence-electron chi connectivity index (χ2n) is 18.2. The predicted octanol–water partition coefficient (Wildman–Crippen LogP) is 5.93. The maximum absolute atomic E-state index is 13.5. The number of fused-ring (bicyclic) bond motifs is 1. The number of hydrogen-bond acceptors (Lipinski definition) is 16. The molecule has 0 aliphatic carbocycles. The summed E-state index contributed by atoms with van der Waals surface area (Å²) < 4.78 is 44.5. The summed E-state index contributed by atoms with van der Waals surface area (Å²) in [6.07, 6.45) is 0.812. The van der Waals surface area contributed by atoms with Gasteiger partial charge in [0, 0.05) is 46.2 Å². The summed E-state index contributed by atoms with van der Waals surface area (Å²) in [7, 11) is 3.60. The van der Waals surface area contributed by atoms with Crippen LogP contribution in [-0.4, -0.2) is 143 Å². The fraction of sp³-hybridized carbons (Fsp3) is 0.472. The molecule has 390 valence electrons. The van der Waals surface area contributed by atoms with Gasteiger partial charge in [0.05, 0.1) is 35.5 Å². The third-order valence-corrected chi connectivity index (χ3v) is 12.4. The Kier molecular flexibility index (Phi) is 19.8. The smallest absolute Gasteiger partial charge is 0.338 e. The van der Waals surface area contributed by atoms with Gasteiger partial charge in [-0.1, -0.05) is 81.3 Å². The largest absolute Gasteiger partial charge is 0.459 e. The van der Waals surface area contributed by atoms with Gasteiger partial charge in [0.25, 0.3) is 5.56 Å². The third kappa shape index (κ3) is 14.7. The number of unbranched alkanes of at least 4 members (excludes halogenated alkanes) is 4. The fourth-order valence-corrected chi connectivity index (χ4v) is 8.52. The van der Waals surface area contributed by atoms with Crippen LogP contribution in [0.3, 0.4) is 0 Å². The maximum atomic E-state index is 13.5. The lowest BCUT2D eigenvalue weighted by Gasteiger charge is -2.44. The molecule has 0 bridgehead atoms. The van der Waals surface area contributed by atoms with E-state index < -0.39 is 78.5 Å². The molecule has 2 aliphatic rings. The van der Waals surface area contributed by atoms with Gasteiger partial charge in [-0.3, -0.25) is 19.1 Å². The Hall–Kier alpha value is -6.84. The summed E-state index contributed by atoms with van der Waals surface area (Å²) in [6.45, 7) is 4.40. The SMILES string of the molecule is CC[C@H]1O[C@@H](n2cnc3c(=O)[nH]c(/N=C/N(C)C)nc32)[C@@H](OCCCCCCNC(=O)CCCCO[C@@H]2O[C@H](COC(=O)c3ccccc3)[C@H](OC(=O)c3ccccc3)[C@H](OC(=O)c3ccccc3)[C@H]2C)C1O. The quantitative estimate of drug-likeness (QED) is 0.0202. The first kappa shape index (κ1) is 53.9. The van der Waals surface area contributed by atoms with Gasteiger partial charge in [-0.15, -0.1) is 0 Å². The van der Waals surface area contributed by atoms with Crippen LogP contribution in [0.25, 0.3) is 11.2 Å². The summed E-state index contributed by atoms with van der Waals surface area (Å²) >= 11 is 0. The number of hydrogen-bond donors (Lipinski definition) is 3. The number of nitrogens with one attached hydrogen (secondary N) is 2. The van der Waals surface area contributed by atoms with Crippen LogP contribution >= 0.6 is 0 Å². The Balaban J connectivity index is 0.859. The molecule has 1 amide bonds. The molecule has 3 aromatic carbocycles. The first-order valence-corrected chi connectivity index (χ1v) is 24.8. The van der Waals surface area contributed by atoms with Crippen LogP contribution in [0, 0.1) is 5.92 Å². The minimum atomic E-state index is -1.19. The van der Waals surface area contributed by atoms with Crippen molar-refractivity contribution in [1.82, 2.24) is 29.7 Å². The highest BCUT2D eigenvalue weighted by Crippen LogP contribution is 2.36. The number of aliphatic imine (C=N–C) groups is 1. The van der Waals surface area contributed by atoms with E-state index in [4.69, 9.17) is 33.2 Å². The molecule has 5 aromatic rings. The molecular weight excluding hydrogens is 943 g/mol. The molecule has 9 atom stereocenters. The van der Waals surface area contributed by atoms with Crippen LogP contribution in [0.1, 0.15) is 103 Å². The Morgan fingerprint density at radius 3 is 2.03 bits per heavy atom. The molecule has 20 nitrogen and oxygen atoms in total. The van der Waals surface area contributed by atoms with Gasteiger partial charge in [-0.2, -0.15) is 4.98 Å². The van der Waals surface area contributed by atoms with E-state index in [-0.39, 0.29) is 48.2 Å². The lowest BCUT2D eigenvalue weighted by Crippen LogP contribution is -2.58. The number of H-pyrrole nitrogens is 1. The van der Waals surface area contributed by atoms with Gasteiger partial charge in [0.1, 0.15) is 31.0 Å². The van der Waals surface area contributed by atoms with Gasteiger partial charge in [0.15, 0.2) is 29.8 Å². The van der Waals surface area contributed by atoms with Crippen molar-refractivity contribution >= 4 is 47.3 Å². The molecule has 0 spiro atoms. The molecule has 2 saturated heterocycles. The number of ether oxygens (including phenoxy) is 7. The van der Waals surface area contributed by atoms with E-state index in [2.05, 4.69) is 25.3 Å². The van der Waals surface area contributed by atoms with Crippen molar-refractivity contribution in [3.63, 3.8) is 0 Å². The molecule has 1 unspecified atom stereocenters. The molecular formula is C53H65N7O13. The van der Waals surface area contributed by atoms with Crippen LogP contribution in [0.2, 0.25) is 0 Å². The topological polar surface area (TPSA) is 244 Å². The number of aromatic nitrogens is 4. The number of aliphatic hydroxyl groups is 1. The number of nitrogens with zero attached hydrogens (tertiary/aromatic N) is 5. The second kappa shape index (κ2) is 26.7. The van der Waals surface area contributed by atoms with Crippen LogP contribution in [-0.2, 0) is 38.0 Å². The average Bonchev–Trinajstić information content (AvgIpc) is 3.97. The number of amides is 1. The summed E-state index contributed by atoms with van der Waals surface area (Å²) in [6, 6.07) is 25.2. The van der Waals surface area contributed by atoms with Gasteiger partial charge in [-0.05, 0) is 68.5 Å². The number of rotatable bonds is 25. The Bertz CT molecular complexity index is 2650. The molecule has 73 heavy (non-hydrogen) atoms. The lowest BCUT2D eigenvalue weighted by molar-refractivity contribution is -0.281. The normalized spacial score (nSPS) is 22.8. The Morgan fingerprint density at radius 1 is 0.781 bits per heavy atom. The van der Waals surface area contributed by atoms with Crippen LogP contribution in [0.5, 0.6) is 0 Å². The minimum absolute atomic E-state index is 0.0891. The van der Waals surface area contributed by atoms with E-state index in [1.54, 1.807) is 121 Å². The first-order valence-electron chi connectivity index (χ1n) is 24.8. The van der Waals surface area contributed by atoms with Crippen molar-refractivity contribution in [2.75, 3.05) is 40.5 Å². The zero-order valence-electron chi connectivity index (χ0n) is 41.6. The first-order chi connectivity index (χ1) is 35.4. The number of carbonyl (C=O) groups is 4. The van der Waals surface area contributed by atoms with Crippen molar-refractivity contribution in [1.29, 1.82) is 0 Å². The molecule has 20 heteroatoms. The Morgan fingerprint density at radius 2 is 1.38 bits per heavy atom. The molecule has 2 fully saturated rings. The van der Waals surface area contributed by atoms with Gasteiger partial charge in [-0.25, -0.2) is 24.4 Å². The number of aromatic amines is 1. The molecule has 2 aliphatic heterocycles. The maximum Gasteiger partial charge on any atom is 0.338 e. The minimum Gasteiger partial charge on any atom is -0.459 e. The van der Waals surface area contributed by atoms with E-state index in [1.165, 1.54) is 12.7 Å². The number of carbonyl (C=O) groups excluding carboxylic acids is 4. The van der Waals surface area contributed by atoms with Crippen LogP contribution in [0.15, 0.2) is 107 Å². The molecule has 4 heterocycles. The van der Waals surface area contributed by atoms with E-state index in [0.717, 1.165) is 19.3 Å². The third-order valence-electron chi connectivity index (χ3n) is 12.4. The lowest BCUT2D eigenvalue weighted by atomic mass is 9.91. The monoisotopic (exact) mass is 1010 g/mol. The summed E-state index contributed by atoms with van der Waals surface area (Å²) in [5, 5.41) is 14.1. The van der Waals surface area contributed by atoms with Crippen LogP contribution in [0.4, 0.5) is 5.95 Å². The molecule has 2 aromatic heterocycles. The molecule has 0 radical (unpaired) electrons. The highest BCUT2D eigenvalue weighted by Gasteiger charge is 2.50. The van der Waals surface area contributed by atoms with Crippen molar-refractivity contribution < 1.29 is 57.4 Å². The number of benzene rings is 3. The summed E-state index contributed by atoms with van der Waals surface area (Å²) in [4.78, 5) is 83.0. The number of aliphatic hydroxyl groups excluding tert-OH is 1. The van der Waals surface area contributed by atoms with Crippen molar-refractivity contribution in [2.24, 2.45) is 10.9 Å². The highest BCUT2D eigenvalue weighted by molar-refractivity contribution is 5.91. The summed E-state index contributed by atoms with van der Waals surface area (Å²) in [5.41, 5.74) is 0.824. The highest BCUT2D eigenvalue weighted by atomic mass is 16.7. The molecule has 0 saturated carbocycles. The van der Waals surface area contributed by atoms with E-state index in [1.807, 2.05) is 6.92 Å². The van der Waals surface area contributed by atoms with E-state index in [9.17, 15) is 29.1 Å². The molecule has 7 rings (SSSR count). The Labute approximate surface area is 423 Å².